The summed E-state index contributed by atoms with van der Waals surface area (Å²) in [5, 5.41) is 3.87. The Morgan fingerprint density at radius 2 is 1.74 bits per heavy atom. The molecule has 2 unspecified atom stereocenters. The van der Waals surface area contributed by atoms with E-state index in [1.54, 1.807) is 0 Å². The topological polar surface area (TPSA) is 15.3 Å². The fourth-order valence-corrected chi connectivity index (χ4v) is 3.85. The van der Waals surface area contributed by atoms with E-state index in [9.17, 15) is 0 Å². The Morgan fingerprint density at radius 3 is 2.37 bits per heavy atom. The lowest BCUT2D eigenvalue weighted by Gasteiger charge is -2.35. The molecule has 1 heterocycles. The van der Waals surface area contributed by atoms with Crippen LogP contribution in [0.1, 0.15) is 59.3 Å². The molecule has 112 valence electrons. The first-order valence-electron chi connectivity index (χ1n) is 8.61. The van der Waals surface area contributed by atoms with Gasteiger partial charge in [-0.05, 0) is 56.7 Å². The van der Waals surface area contributed by atoms with Gasteiger partial charge in [-0.2, -0.15) is 0 Å². The molecule has 1 N–H and O–H groups in total. The Balaban J connectivity index is 1.62. The summed E-state index contributed by atoms with van der Waals surface area (Å²) in [5.74, 6) is 2.71. The second kappa shape index (κ2) is 7.64. The monoisotopic (exact) mass is 266 g/mol. The summed E-state index contributed by atoms with van der Waals surface area (Å²) in [7, 11) is 0. The van der Waals surface area contributed by atoms with Crippen LogP contribution in [0.25, 0.3) is 0 Å². The van der Waals surface area contributed by atoms with Crippen molar-refractivity contribution in [2.45, 2.75) is 65.3 Å². The van der Waals surface area contributed by atoms with E-state index in [1.165, 1.54) is 64.7 Å². The van der Waals surface area contributed by atoms with Crippen molar-refractivity contribution in [3.8, 4) is 0 Å². The third kappa shape index (κ3) is 5.07. The van der Waals surface area contributed by atoms with E-state index in [2.05, 4.69) is 31.0 Å². The van der Waals surface area contributed by atoms with E-state index in [4.69, 9.17) is 0 Å². The number of rotatable bonds is 5. The summed E-state index contributed by atoms with van der Waals surface area (Å²) < 4.78 is 0. The van der Waals surface area contributed by atoms with Gasteiger partial charge in [0.15, 0.2) is 0 Å². The van der Waals surface area contributed by atoms with Crippen molar-refractivity contribution in [2.24, 2.45) is 17.8 Å². The van der Waals surface area contributed by atoms with Crippen LogP contribution in [-0.2, 0) is 0 Å². The number of nitrogens with one attached hydrogen (secondary N) is 1. The Kier molecular flexibility index (Phi) is 6.15. The lowest BCUT2D eigenvalue weighted by atomic mass is 9.80. The van der Waals surface area contributed by atoms with Crippen LogP contribution in [0.15, 0.2) is 0 Å². The van der Waals surface area contributed by atoms with E-state index in [-0.39, 0.29) is 0 Å². The first-order valence-corrected chi connectivity index (χ1v) is 8.61. The van der Waals surface area contributed by atoms with E-state index < -0.39 is 0 Å². The molecule has 0 radical (unpaired) electrons. The molecule has 0 bridgehead atoms. The molecule has 2 fully saturated rings. The first kappa shape index (κ1) is 15.3. The fourth-order valence-electron chi connectivity index (χ4n) is 3.85. The highest BCUT2D eigenvalue weighted by molar-refractivity contribution is 4.80. The molecule has 2 nitrogen and oxygen atoms in total. The smallest absolute Gasteiger partial charge is 0.00915 e. The summed E-state index contributed by atoms with van der Waals surface area (Å²) >= 11 is 0. The predicted molar refractivity (Wildman–Crippen MR) is 83.4 cm³/mol. The Bertz CT molecular complexity index is 244. The second-order valence-electron chi connectivity index (χ2n) is 7.40. The number of hydrogen-bond acceptors (Lipinski definition) is 2. The minimum Gasteiger partial charge on any atom is -0.314 e. The van der Waals surface area contributed by atoms with E-state index >= 15 is 0 Å². The van der Waals surface area contributed by atoms with Gasteiger partial charge in [0, 0.05) is 12.6 Å². The van der Waals surface area contributed by atoms with Crippen LogP contribution in [0.2, 0.25) is 0 Å². The van der Waals surface area contributed by atoms with Crippen LogP contribution >= 0.6 is 0 Å². The van der Waals surface area contributed by atoms with E-state index in [1.807, 2.05) is 0 Å². The highest BCUT2D eigenvalue weighted by Crippen LogP contribution is 2.29. The lowest BCUT2D eigenvalue weighted by molar-refractivity contribution is 0.169. The van der Waals surface area contributed by atoms with Gasteiger partial charge in [-0.15, -0.1) is 0 Å². The summed E-state index contributed by atoms with van der Waals surface area (Å²) in [6.45, 7) is 12.3. The van der Waals surface area contributed by atoms with Crippen molar-refractivity contribution in [2.75, 3.05) is 26.2 Å². The van der Waals surface area contributed by atoms with Crippen molar-refractivity contribution in [1.82, 2.24) is 10.2 Å². The molecular formula is C17H34N2. The minimum atomic E-state index is 0.789. The SMILES string of the molecule is CC(C)CN1CCC(NCC2CCCCC2C)CC1. The van der Waals surface area contributed by atoms with Crippen molar-refractivity contribution in [1.29, 1.82) is 0 Å². The summed E-state index contributed by atoms with van der Waals surface area (Å²) in [4.78, 5) is 2.64. The molecular weight excluding hydrogens is 232 g/mol. The number of likely N-dealkylation sites (tertiary alicyclic amines) is 1. The van der Waals surface area contributed by atoms with Crippen LogP contribution in [0.5, 0.6) is 0 Å². The van der Waals surface area contributed by atoms with Crippen molar-refractivity contribution in [3.05, 3.63) is 0 Å². The van der Waals surface area contributed by atoms with Crippen LogP contribution in [-0.4, -0.2) is 37.1 Å². The first-order chi connectivity index (χ1) is 9.15. The molecule has 2 heteroatoms. The van der Waals surface area contributed by atoms with E-state index in [0.29, 0.717) is 0 Å². The van der Waals surface area contributed by atoms with Crippen molar-refractivity contribution < 1.29 is 0 Å². The molecule has 1 saturated heterocycles. The molecule has 0 aromatic rings. The van der Waals surface area contributed by atoms with Crippen LogP contribution in [0.3, 0.4) is 0 Å². The third-order valence-corrected chi connectivity index (χ3v) is 5.17. The molecule has 0 amide bonds. The van der Waals surface area contributed by atoms with Gasteiger partial charge < -0.3 is 10.2 Å². The van der Waals surface area contributed by atoms with Crippen LogP contribution < -0.4 is 5.32 Å². The Labute approximate surface area is 120 Å². The molecule has 2 atom stereocenters. The van der Waals surface area contributed by atoms with Crippen molar-refractivity contribution >= 4 is 0 Å². The van der Waals surface area contributed by atoms with Gasteiger partial charge in [-0.3, -0.25) is 0 Å². The molecule has 1 aliphatic heterocycles. The maximum Gasteiger partial charge on any atom is 0.00915 e. The normalized spacial score (nSPS) is 30.9. The largest absolute Gasteiger partial charge is 0.314 e. The summed E-state index contributed by atoms with van der Waals surface area (Å²) in [6.07, 6.45) is 8.55. The zero-order valence-corrected chi connectivity index (χ0v) is 13.3. The van der Waals surface area contributed by atoms with Gasteiger partial charge in [-0.25, -0.2) is 0 Å². The molecule has 2 aliphatic rings. The molecule has 1 aliphatic carbocycles. The van der Waals surface area contributed by atoms with Crippen molar-refractivity contribution in [3.63, 3.8) is 0 Å². The maximum absolute atomic E-state index is 3.87. The number of piperidine rings is 1. The average Bonchev–Trinajstić information content (AvgIpc) is 2.39. The Hall–Kier alpha value is -0.0800. The highest BCUT2D eigenvalue weighted by Gasteiger charge is 2.24. The highest BCUT2D eigenvalue weighted by atomic mass is 15.1. The predicted octanol–water partition coefficient (Wildman–Crippen LogP) is 3.52. The Morgan fingerprint density at radius 1 is 1.05 bits per heavy atom. The van der Waals surface area contributed by atoms with Crippen LogP contribution in [0, 0.1) is 17.8 Å². The lowest BCUT2D eigenvalue weighted by Crippen LogP contribution is -2.45. The summed E-state index contributed by atoms with van der Waals surface area (Å²) in [5.41, 5.74) is 0. The molecule has 19 heavy (non-hydrogen) atoms. The zero-order chi connectivity index (χ0) is 13.7. The number of hydrogen-bond donors (Lipinski definition) is 1. The van der Waals surface area contributed by atoms with Crippen LogP contribution in [0.4, 0.5) is 0 Å². The molecule has 0 spiro atoms. The zero-order valence-electron chi connectivity index (χ0n) is 13.3. The van der Waals surface area contributed by atoms with Gasteiger partial charge in [0.2, 0.25) is 0 Å². The fraction of sp³-hybridized carbons (Fsp3) is 1.00. The molecule has 1 saturated carbocycles. The van der Waals surface area contributed by atoms with Gasteiger partial charge in [0.05, 0.1) is 0 Å². The average molecular weight is 266 g/mol. The molecule has 0 aromatic carbocycles. The van der Waals surface area contributed by atoms with Gasteiger partial charge >= 0.3 is 0 Å². The van der Waals surface area contributed by atoms with Gasteiger partial charge in [-0.1, -0.05) is 40.0 Å². The molecule has 0 aromatic heterocycles. The summed E-state index contributed by atoms with van der Waals surface area (Å²) in [6, 6.07) is 0.789. The van der Waals surface area contributed by atoms with Gasteiger partial charge in [0.1, 0.15) is 0 Å². The van der Waals surface area contributed by atoms with Gasteiger partial charge in [0.25, 0.3) is 0 Å². The minimum absolute atomic E-state index is 0.789. The van der Waals surface area contributed by atoms with E-state index in [0.717, 1.165) is 23.8 Å². The maximum atomic E-state index is 3.87. The second-order valence-corrected chi connectivity index (χ2v) is 7.40. The number of nitrogens with zero attached hydrogens (tertiary/aromatic N) is 1. The molecule has 2 rings (SSSR count). The quantitative estimate of drug-likeness (QED) is 0.819. The third-order valence-electron chi connectivity index (χ3n) is 5.17. The standard InChI is InChI=1S/C17H34N2/c1-14(2)13-19-10-8-17(9-11-19)18-12-16-7-5-4-6-15(16)3/h14-18H,4-13H2,1-3H3.